The highest BCUT2D eigenvalue weighted by molar-refractivity contribution is 6.05. The average Bonchev–Trinajstić information content (AvgIpc) is 3.57. The summed E-state index contributed by atoms with van der Waals surface area (Å²) < 4.78 is 163. The number of rotatable bonds is 6. The van der Waals surface area contributed by atoms with E-state index in [-0.39, 0.29) is 29.1 Å². The SMILES string of the molecule is CC1(C2(C(F)(F)F)CC(c3ccc(C(=O)NCC(=O)NCC(F)(F)F)c4nccn34)=NO2)C=C(C(F)(F)F)C=C(C(F)(F)F)C1. The Hall–Kier alpha value is -4.26. The van der Waals surface area contributed by atoms with Gasteiger partial charge in [-0.25, -0.2) is 4.98 Å². The van der Waals surface area contributed by atoms with Crippen molar-refractivity contribution in [1.82, 2.24) is 20.0 Å². The summed E-state index contributed by atoms with van der Waals surface area (Å²) in [5.74, 6) is -2.22. The molecule has 3 heterocycles. The van der Waals surface area contributed by atoms with Gasteiger partial charge in [-0.1, -0.05) is 18.2 Å². The number of imidazole rings is 1. The molecule has 2 aromatic heterocycles. The van der Waals surface area contributed by atoms with Gasteiger partial charge in [0.15, 0.2) is 0 Å². The first-order chi connectivity index (χ1) is 20.5. The van der Waals surface area contributed by atoms with Crippen molar-refractivity contribution in [3.05, 3.63) is 59.1 Å². The Morgan fingerprint density at radius 2 is 1.62 bits per heavy atom. The van der Waals surface area contributed by atoms with Crippen molar-refractivity contribution in [2.24, 2.45) is 10.6 Å². The molecule has 2 amide bonds. The summed E-state index contributed by atoms with van der Waals surface area (Å²) in [6.07, 6.45) is -22.0. The molecule has 2 N–H and O–H groups in total. The molecule has 1 aliphatic carbocycles. The minimum atomic E-state index is -5.56. The lowest BCUT2D eigenvalue weighted by Gasteiger charge is -2.45. The molecular weight excluding hydrogens is 646 g/mol. The van der Waals surface area contributed by atoms with E-state index in [1.54, 1.807) is 0 Å². The summed E-state index contributed by atoms with van der Waals surface area (Å²) in [4.78, 5) is 32.9. The number of aromatic nitrogens is 2. The second-order valence-corrected chi connectivity index (χ2v) is 10.3. The third-order valence-corrected chi connectivity index (χ3v) is 7.15. The highest BCUT2D eigenvalue weighted by Gasteiger charge is 2.71. The fraction of sp³-hybridized carbons (Fsp3) is 0.440. The molecule has 8 nitrogen and oxygen atoms in total. The number of allylic oxidation sites excluding steroid dienone is 3. The number of nitrogens with zero attached hydrogens (tertiary/aromatic N) is 3. The zero-order valence-electron chi connectivity index (χ0n) is 22.4. The Balaban J connectivity index is 1.66. The molecular formula is C25H19F12N5O3. The molecule has 2 unspecified atom stereocenters. The standard InChI is InChI=1S/C25H19F12N5O3/c1-20(7-12(23(29,30)31)6-13(8-20)24(32,33)34)21(25(35,36)37)9-15(41-45-21)16-3-2-14(18-38-4-5-42(16)18)19(44)39-10-17(43)40-11-22(26,27)28/h2-7H,8-11H2,1H3,(H,39,44)(H,40,43). The van der Waals surface area contributed by atoms with Crippen LogP contribution in [0.1, 0.15) is 35.8 Å². The van der Waals surface area contributed by atoms with Crippen LogP contribution in [0.5, 0.6) is 0 Å². The second kappa shape index (κ2) is 11.0. The second-order valence-electron chi connectivity index (χ2n) is 10.3. The van der Waals surface area contributed by atoms with E-state index in [1.807, 2.05) is 5.32 Å². The van der Waals surface area contributed by atoms with Gasteiger partial charge in [-0.3, -0.25) is 14.0 Å². The maximum Gasteiger partial charge on any atom is 0.432 e. The zero-order chi connectivity index (χ0) is 33.8. The van der Waals surface area contributed by atoms with Gasteiger partial charge in [0.1, 0.15) is 17.9 Å². The molecule has 45 heavy (non-hydrogen) atoms. The van der Waals surface area contributed by atoms with E-state index in [0.29, 0.717) is 6.92 Å². The van der Waals surface area contributed by atoms with Gasteiger partial charge in [0, 0.05) is 29.8 Å². The molecule has 0 fully saturated rings. The predicted octanol–water partition coefficient (Wildman–Crippen LogP) is 5.56. The maximum absolute atomic E-state index is 14.7. The lowest BCUT2D eigenvalue weighted by molar-refractivity contribution is -0.301. The summed E-state index contributed by atoms with van der Waals surface area (Å²) in [7, 11) is 0. The van der Waals surface area contributed by atoms with Crippen molar-refractivity contribution in [3.8, 4) is 0 Å². The van der Waals surface area contributed by atoms with Gasteiger partial charge in [0.2, 0.25) is 11.5 Å². The van der Waals surface area contributed by atoms with Crippen LogP contribution in [-0.4, -0.2) is 70.3 Å². The first kappa shape index (κ1) is 33.6. The molecule has 0 saturated carbocycles. The number of alkyl halides is 12. The molecule has 2 aliphatic rings. The van der Waals surface area contributed by atoms with Crippen LogP contribution in [0.4, 0.5) is 52.7 Å². The minimum absolute atomic E-state index is 0.0410. The molecule has 0 saturated heterocycles. The van der Waals surface area contributed by atoms with E-state index in [1.165, 1.54) is 5.32 Å². The molecule has 20 heteroatoms. The normalized spacial score (nSPS) is 22.8. The third kappa shape index (κ3) is 6.58. The largest absolute Gasteiger partial charge is 0.432 e. The van der Waals surface area contributed by atoms with Crippen LogP contribution in [0.2, 0.25) is 0 Å². The Kier molecular flexibility index (Phi) is 8.20. The quantitative estimate of drug-likeness (QED) is 0.396. The van der Waals surface area contributed by atoms with E-state index in [4.69, 9.17) is 4.84 Å². The maximum atomic E-state index is 14.7. The average molecular weight is 665 g/mol. The molecule has 0 spiro atoms. The topological polar surface area (TPSA) is 97.1 Å². The van der Waals surface area contributed by atoms with Crippen LogP contribution >= 0.6 is 0 Å². The van der Waals surface area contributed by atoms with Crippen molar-refractivity contribution >= 4 is 23.2 Å². The van der Waals surface area contributed by atoms with Gasteiger partial charge in [0.25, 0.3) is 5.91 Å². The van der Waals surface area contributed by atoms with Gasteiger partial charge < -0.3 is 15.5 Å². The van der Waals surface area contributed by atoms with Crippen LogP contribution < -0.4 is 10.6 Å². The summed E-state index contributed by atoms with van der Waals surface area (Å²) in [6.45, 7) is -2.00. The van der Waals surface area contributed by atoms with Gasteiger partial charge in [-0.2, -0.15) is 52.7 Å². The summed E-state index contributed by atoms with van der Waals surface area (Å²) in [5, 5.41) is 6.99. The fourth-order valence-corrected chi connectivity index (χ4v) is 4.97. The van der Waals surface area contributed by atoms with Crippen LogP contribution in [0, 0.1) is 5.41 Å². The molecule has 246 valence electrons. The number of hydrogen-bond acceptors (Lipinski definition) is 5. The number of nitrogens with one attached hydrogen (secondary N) is 2. The van der Waals surface area contributed by atoms with E-state index in [0.717, 1.165) is 28.9 Å². The van der Waals surface area contributed by atoms with Crippen molar-refractivity contribution in [3.63, 3.8) is 0 Å². The summed E-state index contributed by atoms with van der Waals surface area (Å²) in [6, 6.07) is 2.04. The first-order valence-corrected chi connectivity index (χ1v) is 12.5. The van der Waals surface area contributed by atoms with Crippen LogP contribution in [0.3, 0.4) is 0 Å². The summed E-state index contributed by atoms with van der Waals surface area (Å²) in [5.41, 5.74) is -11.8. The molecule has 1 aliphatic heterocycles. The number of carbonyl (C=O) groups excluding carboxylic acids is 2. The van der Waals surface area contributed by atoms with E-state index in [2.05, 4.69) is 10.1 Å². The molecule has 2 aromatic rings. The van der Waals surface area contributed by atoms with Gasteiger partial charge >= 0.3 is 24.7 Å². The van der Waals surface area contributed by atoms with Crippen molar-refractivity contribution in [1.29, 1.82) is 0 Å². The number of fused-ring (bicyclic) bond motifs is 1. The zero-order valence-corrected chi connectivity index (χ0v) is 22.4. The molecule has 0 radical (unpaired) electrons. The van der Waals surface area contributed by atoms with Gasteiger partial charge in [-0.15, -0.1) is 0 Å². The van der Waals surface area contributed by atoms with E-state index in [9.17, 15) is 62.3 Å². The fourth-order valence-electron chi connectivity index (χ4n) is 4.97. The molecule has 4 rings (SSSR count). The molecule has 2 atom stereocenters. The van der Waals surface area contributed by atoms with Gasteiger partial charge in [-0.05, 0) is 24.6 Å². The van der Waals surface area contributed by atoms with Crippen molar-refractivity contribution < 1.29 is 67.1 Å². The monoisotopic (exact) mass is 665 g/mol. The highest BCUT2D eigenvalue weighted by Crippen LogP contribution is 2.59. The predicted molar refractivity (Wildman–Crippen MR) is 129 cm³/mol. The Bertz CT molecular complexity index is 1600. The minimum Gasteiger partial charge on any atom is -0.378 e. The highest BCUT2D eigenvalue weighted by atomic mass is 19.4. The lowest BCUT2D eigenvalue weighted by atomic mass is 9.64. The number of halogens is 12. The van der Waals surface area contributed by atoms with Crippen LogP contribution in [0.25, 0.3) is 5.65 Å². The molecule has 0 bridgehead atoms. The number of carbonyl (C=O) groups is 2. The first-order valence-electron chi connectivity index (χ1n) is 12.5. The Morgan fingerprint density at radius 3 is 2.20 bits per heavy atom. The van der Waals surface area contributed by atoms with Gasteiger partial charge in [0.05, 0.1) is 23.4 Å². The summed E-state index contributed by atoms with van der Waals surface area (Å²) >= 11 is 0. The van der Waals surface area contributed by atoms with Crippen LogP contribution in [-0.2, 0) is 9.63 Å². The molecule has 0 aromatic carbocycles. The Morgan fingerprint density at radius 1 is 0.956 bits per heavy atom. The lowest BCUT2D eigenvalue weighted by Crippen LogP contribution is -2.58. The van der Waals surface area contributed by atoms with Crippen LogP contribution in [0.15, 0.2) is 53.0 Å². The number of pyridine rings is 1. The third-order valence-electron chi connectivity index (χ3n) is 7.15. The number of hydrogen-bond donors (Lipinski definition) is 2. The Labute approximate surface area is 243 Å². The van der Waals surface area contributed by atoms with E-state index < -0.39 is 90.3 Å². The smallest absolute Gasteiger partial charge is 0.378 e. The van der Waals surface area contributed by atoms with Crippen molar-refractivity contribution in [2.45, 2.75) is 50.1 Å². The number of oxime groups is 1. The number of amides is 2. The van der Waals surface area contributed by atoms with Crippen molar-refractivity contribution in [2.75, 3.05) is 13.1 Å². The van der Waals surface area contributed by atoms with E-state index >= 15 is 0 Å².